The van der Waals surface area contributed by atoms with E-state index in [0.29, 0.717) is 16.9 Å². The molecule has 3 aromatic rings. The SMILES string of the molecule is CC(=CS(=O)(=O)NC(=O)N(c1ccccc1)c1ccccc1)c1cccc(C)c1. The molecular weight excluding hydrogens is 384 g/mol. The van der Waals surface area contributed by atoms with Gasteiger partial charge in [0, 0.05) is 0 Å². The molecule has 0 radical (unpaired) electrons. The van der Waals surface area contributed by atoms with Crippen molar-refractivity contribution in [3.63, 3.8) is 0 Å². The third-order valence-electron chi connectivity index (χ3n) is 4.27. The van der Waals surface area contributed by atoms with E-state index in [-0.39, 0.29) is 0 Å². The summed E-state index contributed by atoms with van der Waals surface area (Å²) in [6, 6.07) is 24.5. The van der Waals surface area contributed by atoms with Gasteiger partial charge in [0.15, 0.2) is 0 Å². The highest BCUT2D eigenvalue weighted by atomic mass is 32.2. The lowest BCUT2D eigenvalue weighted by Crippen LogP contribution is -2.39. The molecule has 29 heavy (non-hydrogen) atoms. The maximum absolute atomic E-state index is 12.9. The Morgan fingerprint density at radius 1 is 0.862 bits per heavy atom. The van der Waals surface area contributed by atoms with Gasteiger partial charge in [0.2, 0.25) is 0 Å². The number of nitrogens with zero attached hydrogens (tertiary/aromatic N) is 1. The van der Waals surface area contributed by atoms with Crippen molar-refractivity contribution in [2.45, 2.75) is 13.8 Å². The molecule has 2 amide bonds. The number of nitrogens with one attached hydrogen (secondary N) is 1. The molecule has 0 bridgehead atoms. The molecule has 0 heterocycles. The van der Waals surface area contributed by atoms with Gasteiger partial charge in [-0.3, -0.25) is 4.90 Å². The second kappa shape index (κ2) is 8.75. The molecule has 6 heteroatoms. The number of allylic oxidation sites excluding steroid dienone is 1. The van der Waals surface area contributed by atoms with E-state index in [1.165, 1.54) is 4.90 Å². The molecule has 0 saturated carbocycles. The Bertz CT molecular complexity index is 1090. The molecule has 0 aliphatic carbocycles. The lowest BCUT2D eigenvalue weighted by atomic mass is 10.1. The van der Waals surface area contributed by atoms with E-state index in [1.54, 1.807) is 55.5 Å². The van der Waals surface area contributed by atoms with Crippen LogP contribution in [-0.4, -0.2) is 14.4 Å². The smallest absolute Gasteiger partial charge is 0.262 e. The van der Waals surface area contributed by atoms with Crippen LogP contribution in [0.2, 0.25) is 0 Å². The van der Waals surface area contributed by atoms with Gasteiger partial charge >= 0.3 is 6.03 Å². The lowest BCUT2D eigenvalue weighted by molar-refractivity contribution is 0.253. The van der Waals surface area contributed by atoms with Crippen molar-refractivity contribution in [2.24, 2.45) is 0 Å². The number of rotatable bonds is 5. The van der Waals surface area contributed by atoms with Gasteiger partial charge in [-0.15, -0.1) is 0 Å². The minimum Gasteiger partial charge on any atom is -0.262 e. The first kappa shape index (κ1) is 20.4. The fraction of sp³-hybridized carbons (Fsp3) is 0.0870. The molecule has 3 aromatic carbocycles. The van der Waals surface area contributed by atoms with Gasteiger partial charge in [0.05, 0.1) is 16.8 Å². The highest BCUT2D eigenvalue weighted by Gasteiger charge is 2.22. The van der Waals surface area contributed by atoms with Crippen LogP contribution in [0.25, 0.3) is 5.57 Å². The van der Waals surface area contributed by atoms with Gasteiger partial charge in [-0.05, 0) is 49.2 Å². The molecule has 0 fully saturated rings. The summed E-state index contributed by atoms with van der Waals surface area (Å²) in [5.74, 6) is 0. The summed E-state index contributed by atoms with van der Waals surface area (Å²) < 4.78 is 27.4. The number of amides is 2. The Balaban J connectivity index is 1.90. The van der Waals surface area contributed by atoms with Gasteiger partial charge < -0.3 is 0 Å². The Morgan fingerprint density at radius 2 is 1.41 bits per heavy atom. The quantitative estimate of drug-likeness (QED) is 0.631. The minimum absolute atomic E-state index is 0.542. The number of anilines is 2. The number of hydrogen-bond donors (Lipinski definition) is 1. The molecule has 0 saturated heterocycles. The molecule has 0 atom stereocenters. The number of carbonyl (C=O) groups is 1. The highest BCUT2D eigenvalue weighted by molar-refractivity contribution is 7.93. The molecule has 0 aliphatic rings. The van der Waals surface area contributed by atoms with Gasteiger partial charge in [-0.25, -0.2) is 17.9 Å². The van der Waals surface area contributed by atoms with E-state index in [2.05, 4.69) is 4.72 Å². The normalized spacial score (nSPS) is 11.7. The van der Waals surface area contributed by atoms with Crippen molar-refractivity contribution in [1.82, 2.24) is 4.72 Å². The van der Waals surface area contributed by atoms with E-state index in [1.807, 2.05) is 43.3 Å². The standard InChI is InChI=1S/C23H22N2O3S/c1-18-10-9-11-20(16-18)19(2)17-29(27,28)24-23(26)25(21-12-5-3-6-13-21)22-14-7-4-8-15-22/h3-17H,1-2H3,(H,24,26). The van der Waals surface area contributed by atoms with Gasteiger partial charge in [-0.2, -0.15) is 0 Å². The summed E-state index contributed by atoms with van der Waals surface area (Å²) in [6.45, 7) is 3.63. The molecule has 148 valence electrons. The van der Waals surface area contributed by atoms with Crippen molar-refractivity contribution >= 4 is 33.0 Å². The van der Waals surface area contributed by atoms with Crippen LogP contribution in [0.5, 0.6) is 0 Å². The zero-order valence-electron chi connectivity index (χ0n) is 16.2. The molecule has 0 aliphatic heterocycles. The van der Waals surface area contributed by atoms with Crippen LogP contribution in [0.4, 0.5) is 16.2 Å². The van der Waals surface area contributed by atoms with Crippen LogP contribution >= 0.6 is 0 Å². The molecule has 0 aromatic heterocycles. The van der Waals surface area contributed by atoms with Crippen molar-refractivity contribution in [1.29, 1.82) is 0 Å². The maximum atomic E-state index is 12.9. The van der Waals surface area contributed by atoms with Crippen molar-refractivity contribution in [2.75, 3.05) is 4.90 Å². The van der Waals surface area contributed by atoms with E-state index in [0.717, 1.165) is 16.5 Å². The summed E-state index contributed by atoms with van der Waals surface area (Å²) in [6.07, 6.45) is 0. The number of carbonyl (C=O) groups excluding carboxylic acids is 1. The number of para-hydroxylation sites is 2. The van der Waals surface area contributed by atoms with Crippen molar-refractivity contribution < 1.29 is 13.2 Å². The number of sulfonamides is 1. The summed E-state index contributed by atoms with van der Waals surface area (Å²) in [4.78, 5) is 14.3. The Labute approximate surface area is 171 Å². The third-order valence-corrected chi connectivity index (χ3v) is 5.39. The first-order chi connectivity index (χ1) is 13.9. The molecule has 3 rings (SSSR count). The van der Waals surface area contributed by atoms with E-state index >= 15 is 0 Å². The zero-order valence-corrected chi connectivity index (χ0v) is 17.1. The average Bonchev–Trinajstić information content (AvgIpc) is 2.69. The highest BCUT2D eigenvalue weighted by Crippen LogP contribution is 2.25. The molecule has 0 spiro atoms. The van der Waals surface area contributed by atoms with Gasteiger partial charge in [0.25, 0.3) is 10.0 Å². The second-order valence-corrected chi connectivity index (χ2v) is 8.16. The lowest BCUT2D eigenvalue weighted by Gasteiger charge is -2.23. The van der Waals surface area contributed by atoms with Gasteiger partial charge in [0.1, 0.15) is 0 Å². The molecule has 5 nitrogen and oxygen atoms in total. The fourth-order valence-electron chi connectivity index (χ4n) is 2.93. The predicted octanol–water partition coefficient (Wildman–Crippen LogP) is 5.23. The van der Waals surface area contributed by atoms with Crippen LogP contribution in [0.15, 0.2) is 90.3 Å². The predicted molar refractivity (Wildman–Crippen MR) is 117 cm³/mol. The topological polar surface area (TPSA) is 66.5 Å². The zero-order chi connectivity index (χ0) is 20.9. The van der Waals surface area contributed by atoms with Gasteiger partial charge in [-0.1, -0.05) is 66.2 Å². The number of benzene rings is 3. The number of hydrogen-bond acceptors (Lipinski definition) is 3. The average molecular weight is 407 g/mol. The molecule has 1 N–H and O–H groups in total. The Morgan fingerprint density at radius 3 is 1.93 bits per heavy atom. The van der Waals surface area contributed by atoms with E-state index in [4.69, 9.17) is 0 Å². The summed E-state index contributed by atoms with van der Waals surface area (Å²) in [5, 5.41) is 1.08. The molecular formula is C23H22N2O3S. The van der Waals surface area contributed by atoms with Crippen molar-refractivity contribution in [3.05, 3.63) is 101 Å². The molecule has 0 unspecified atom stereocenters. The Kier molecular flexibility index (Phi) is 6.14. The first-order valence-corrected chi connectivity index (χ1v) is 10.6. The monoisotopic (exact) mass is 406 g/mol. The van der Waals surface area contributed by atoms with Crippen LogP contribution in [-0.2, 0) is 10.0 Å². The van der Waals surface area contributed by atoms with E-state index < -0.39 is 16.1 Å². The summed E-state index contributed by atoms with van der Waals surface area (Å²) in [5.41, 5.74) is 3.47. The van der Waals surface area contributed by atoms with E-state index in [9.17, 15) is 13.2 Å². The van der Waals surface area contributed by atoms with Crippen LogP contribution < -0.4 is 9.62 Å². The van der Waals surface area contributed by atoms with Crippen LogP contribution in [0, 0.1) is 6.92 Å². The minimum atomic E-state index is -4.01. The first-order valence-electron chi connectivity index (χ1n) is 9.08. The summed E-state index contributed by atoms with van der Waals surface area (Å²) >= 11 is 0. The Hall–Kier alpha value is -3.38. The van der Waals surface area contributed by atoms with Crippen molar-refractivity contribution in [3.8, 4) is 0 Å². The fourth-order valence-corrected chi connectivity index (χ4v) is 3.92. The van der Waals surface area contributed by atoms with Crippen LogP contribution in [0.3, 0.4) is 0 Å². The maximum Gasteiger partial charge on any atom is 0.340 e. The largest absolute Gasteiger partial charge is 0.340 e. The number of urea groups is 1. The third kappa shape index (κ3) is 5.33. The second-order valence-electron chi connectivity index (χ2n) is 6.63. The summed E-state index contributed by atoms with van der Waals surface area (Å²) in [7, 11) is -4.01. The van der Waals surface area contributed by atoms with Crippen LogP contribution in [0.1, 0.15) is 18.1 Å². The number of aryl methyl sites for hydroxylation is 1.